The van der Waals surface area contributed by atoms with Crippen LogP contribution in [-0.2, 0) is 21.7 Å². The van der Waals surface area contributed by atoms with Crippen molar-refractivity contribution in [3.05, 3.63) is 149 Å². The van der Waals surface area contributed by atoms with Crippen LogP contribution < -0.4 is 16.2 Å². The van der Waals surface area contributed by atoms with Crippen LogP contribution in [0.2, 0.25) is 0 Å². The van der Waals surface area contributed by atoms with E-state index in [1.807, 2.05) is 11.3 Å². The Balaban J connectivity index is 1.16. The molecule has 0 bridgehead atoms. The van der Waals surface area contributed by atoms with Crippen molar-refractivity contribution in [1.82, 2.24) is 4.57 Å². The number of anilines is 2. The number of aromatic nitrogens is 1. The largest absolute Gasteiger partial charge is 0.355 e. The summed E-state index contributed by atoms with van der Waals surface area (Å²) in [5.41, 5.74) is 21.2. The fraction of sp³-hybridized carbons (Fsp3) is 0.263. The van der Waals surface area contributed by atoms with Crippen LogP contribution in [0, 0.1) is 0 Å². The van der Waals surface area contributed by atoms with Gasteiger partial charge >= 0.3 is 0 Å². The smallest absolute Gasteiger partial charge is 0.197 e. The summed E-state index contributed by atoms with van der Waals surface area (Å²) in [4.78, 5) is 0. The van der Waals surface area contributed by atoms with Crippen molar-refractivity contribution in [2.45, 2.75) is 96.8 Å². The van der Waals surface area contributed by atoms with Crippen molar-refractivity contribution in [1.29, 1.82) is 0 Å². The molecule has 2 nitrogen and oxygen atoms in total. The lowest BCUT2D eigenvalue weighted by Crippen LogP contribution is -2.38. The monoisotopic (exact) mass is 807 g/mol. The van der Waals surface area contributed by atoms with Crippen LogP contribution in [-0.4, -0.2) is 11.8 Å². The van der Waals surface area contributed by atoms with E-state index in [-0.39, 0.29) is 21.7 Å². The van der Waals surface area contributed by atoms with Crippen LogP contribution in [0.4, 0.5) is 11.4 Å². The molecule has 2 aliphatic carbocycles. The molecule has 1 N–H and O–H groups in total. The van der Waals surface area contributed by atoms with Gasteiger partial charge in [-0.1, -0.05) is 141 Å². The first-order valence-electron chi connectivity index (χ1n) is 22.2. The lowest BCUT2D eigenvalue weighted by atomic mass is 9.58. The predicted octanol–water partition coefficient (Wildman–Crippen LogP) is 14.5. The van der Waals surface area contributed by atoms with Crippen molar-refractivity contribution in [3.8, 4) is 27.9 Å². The predicted molar refractivity (Wildman–Crippen MR) is 265 cm³/mol. The molecule has 4 heteroatoms. The van der Waals surface area contributed by atoms with Crippen LogP contribution in [0.3, 0.4) is 0 Å². The molecule has 61 heavy (non-hydrogen) atoms. The van der Waals surface area contributed by atoms with E-state index in [0.717, 1.165) is 5.69 Å². The van der Waals surface area contributed by atoms with Crippen molar-refractivity contribution >= 4 is 82.9 Å². The van der Waals surface area contributed by atoms with E-state index in [1.54, 1.807) is 0 Å². The number of nitrogens with zero attached hydrogens (tertiary/aromatic N) is 1. The van der Waals surface area contributed by atoms with Gasteiger partial charge in [0.05, 0.1) is 5.52 Å². The molecule has 0 saturated heterocycles. The number of fused-ring (bicyclic) bond motifs is 12. The minimum Gasteiger partial charge on any atom is -0.355 e. The number of benzene rings is 7. The summed E-state index contributed by atoms with van der Waals surface area (Å²) in [5.74, 6) is 0. The molecule has 12 rings (SSSR count). The van der Waals surface area contributed by atoms with Gasteiger partial charge in [-0.2, -0.15) is 0 Å². The Bertz CT molecular complexity index is 3360. The molecule has 0 atom stereocenters. The molecular weight excluding hydrogens is 756 g/mol. The van der Waals surface area contributed by atoms with Gasteiger partial charge in [0.2, 0.25) is 0 Å². The minimum atomic E-state index is -0.0980. The normalized spacial score (nSPS) is 16.7. The van der Waals surface area contributed by atoms with Gasteiger partial charge in [0, 0.05) is 64.5 Å². The first-order valence-corrected chi connectivity index (χ1v) is 23.0. The zero-order valence-corrected chi connectivity index (χ0v) is 37.7. The first kappa shape index (κ1) is 37.2. The SMILES string of the molecule is CC(C)(C)c1ccc(Nc2cc3c(cc2-c2ccc4c5cc6c(cc5n5c4c2[B]c2cc4c(cc2-5)C(C)(C)c2ccccc2-4)sc2ccccc26)C(C)(C)CCC3(C)C)cc1. The van der Waals surface area contributed by atoms with Gasteiger partial charge in [-0.05, 0) is 128 Å². The first-order chi connectivity index (χ1) is 29.1. The molecule has 3 aliphatic rings. The summed E-state index contributed by atoms with van der Waals surface area (Å²) >= 11 is 1.91. The Labute approximate surface area is 364 Å². The van der Waals surface area contributed by atoms with E-state index in [1.165, 1.54) is 127 Å². The maximum Gasteiger partial charge on any atom is 0.197 e. The summed E-state index contributed by atoms with van der Waals surface area (Å²) in [6.45, 7) is 21.4. The molecule has 3 heterocycles. The highest BCUT2D eigenvalue weighted by molar-refractivity contribution is 7.25. The quantitative estimate of drug-likeness (QED) is 0.176. The van der Waals surface area contributed by atoms with Gasteiger partial charge in [0.1, 0.15) is 0 Å². The highest BCUT2D eigenvalue weighted by atomic mass is 32.1. The molecule has 1 radical (unpaired) electrons. The number of thiophene rings is 1. The summed E-state index contributed by atoms with van der Waals surface area (Å²) in [6.07, 6.45) is 2.34. The summed E-state index contributed by atoms with van der Waals surface area (Å²) in [7, 11) is 2.52. The van der Waals surface area contributed by atoms with Gasteiger partial charge in [-0.3, -0.25) is 0 Å². The maximum absolute atomic E-state index is 4.01. The van der Waals surface area contributed by atoms with E-state index in [4.69, 9.17) is 0 Å². The van der Waals surface area contributed by atoms with Crippen LogP contribution in [0.15, 0.2) is 121 Å². The van der Waals surface area contributed by atoms with E-state index >= 15 is 0 Å². The number of hydrogen-bond acceptors (Lipinski definition) is 2. The molecule has 0 spiro atoms. The maximum atomic E-state index is 4.01. The van der Waals surface area contributed by atoms with E-state index in [2.05, 4.69) is 201 Å². The molecule has 1 aliphatic heterocycles. The number of nitrogens with one attached hydrogen (secondary N) is 1. The number of rotatable bonds is 3. The lowest BCUT2D eigenvalue weighted by molar-refractivity contribution is 0.332. The molecule has 0 saturated carbocycles. The molecular formula is C57H52BN2S. The number of hydrogen-bond donors (Lipinski definition) is 1. The topological polar surface area (TPSA) is 17.0 Å². The Morgan fingerprint density at radius 1 is 0.574 bits per heavy atom. The zero-order chi connectivity index (χ0) is 42.0. The third-order valence-corrected chi connectivity index (χ3v) is 16.2. The Morgan fingerprint density at radius 3 is 2.07 bits per heavy atom. The highest BCUT2D eigenvalue weighted by Crippen LogP contribution is 2.52. The Morgan fingerprint density at radius 2 is 1.30 bits per heavy atom. The molecule has 0 unspecified atom stereocenters. The van der Waals surface area contributed by atoms with Crippen LogP contribution >= 0.6 is 11.3 Å². The van der Waals surface area contributed by atoms with Crippen LogP contribution in [0.5, 0.6) is 0 Å². The molecule has 2 aromatic heterocycles. The Hall–Kier alpha value is -5.58. The van der Waals surface area contributed by atoms with E-state index in [9.17, 15) is 0 Å². The molecule has 299 valence electrons. The fourth-order valence-electron chi connectivity index (χ4n) is 11.3. The van der Waals surface area contributed by atoms with E-state index < -0.39 is 0 Å². The van der Waals surface area contributed by atoms with Gasteiger partial charge < -0.3 is 9.88 Å². The second-order valence-electron chi connectivity index (χ2n) is 21.2. The summed E-state index contributed by atoms with van der Waals surface area (Å²) in [6, 6.07) is 47.0. The average Bonchev–Trinajstić information content (AvgIpc) is 3.83. The van der Waals surface area contributed by atoms with Gasteiger partial charge in [0.25, 0.3) is 0 Å². The second kappa shape index (κ2) is 12.3. The van der Waals surface area contributed by atoms with Crippen molar-refractivity contribution in [2.24, 2.45) is 0 Å². The fourth-order valence-corrected chi connectivity index (χ4v) is 12.5. The minimum absolute atomic E-state index is 0.0638. The van der Waals surface area contributed by atoms with Crippen LogP contribution in [0.25, 0.3) is 69.9 Å². The third kappa shape index (κ3) is 5.27. The van der Waals surface area contributed by atoms with Crippen molar-refractivity contribution in [3.63, 3.8) is 0 Å². The van der Waals surface area contributed by atoms with Crippen molar-refractivity contribution in [2.75, 3.05) is 5.32 Å². The van der Waals surface area contributed by atoms with Gasteiger partial charge in [-0.15, -0.1) is 11.3 Å². The highest BCUT2D eigenvalue weighted by Gasteiger charge is 2.40. The van der Waals surface area contributed by atoms with Crippen molar-refractivity contribution < 1.29 is 0 Å². The average molecular weight is 808 g/mol. The zero-order valence-electron chi connectivity index (χ0n) is 36.9. The standard InChI is InChI=1S/C57H52BN2S/c1-54(2,3)32-18-20-33(21-19-32)59-47-29-45-44(55(4,5)24-25-56(45,6)7)27-39(47)36-22-23-37-40-26-41-35-15-11-13-17-50(35)61-51(41)31-48(40)60-49-30-43-38(28-46(49)58-52(36)53(37)60)34-14-10-12-16-42(34)57(43,8)9/h10-23,26-31,59H,24-25H2,1-9H3. The summed E-state index contributed by atoms with van der Waals surface area (Å²) < 4.78 is 5.31. The van der Waals surface area contributed by atoms with Crippen LogP contribution in [0.1, 0.15) is 103 Å². The molecule has 0 amide bonds. The Kier molecular flexibility index (Phi) is 7.50. The molecule has 7 aromatic carbocycles. The third-order valence-electron chi connectivity index (χ3n) is 15.0. The van der Waals surface area contributed by atoms with Gasteiger partial charge in [-0.25, -0.2) is 0 Å². The second-order valence-corrected chi connectivity index (χ2v) is 22.2. The molecule has 0 fully saturated rings. The van der Waals surface area contributed by atoms with E-state index in [0.29, 0.717) is 0 Å². The summed E-state index contributed by atoms with van der Waals surface area (Å²) in [5, 5.41) is 9.32. The lowest BCUT2D eigenvalue weighted by Gasteiger charge is -2.42. The molecule has 9 aromatic rings. The van der Waals surface area contributed by atoms with Gasteiger partial charge in [0.15, 0.2) is 7.28 Å².